The van der Waals surface area contributed by atoms with Crippen LogP contribution in [0.25, 0.3) is 0 Å². The topological polar surface area (TPSA) is 44.4 Å². The zero-order valence-corrected chi connectivity index (χ0v) is 10.9. The van der Waals surface area contributed by atoms with Gasteiger partial charge in [-0.3, -0.25) is 4.79 Å². The summed E-state index contributed by atoms with van der Waals surface area (Å²) < 4.78 is 0. The summed E-state index contributed by atoms with van der Waals surface area (Å²) in [6, 6.07) is 0.0661. The summed E-state index contributed by atoms with van der Waals surface area (Å²) in [5, 5.41) is 6.26. The molecule has 1 amide bonds. The molecule has 0 aromatic carbocycles. The molecule has 0 saturated carbocycles. The first-order valence-corrected chi connectivity index (χ1v) is 6.99. The second-order valence-corrected chi connectivity index (χ2v) is 5.46. The lowest BCUT2D eigenvalue weighted by atomic mass is 9.99. The lowest BCUT2D eigenvalue weighted by Gasteiger charge is -2.30. The predicted octanol–water partition coefficient (Wildman–Crippen LogP) is 0.587. The second kappa shape index (κ2) is 6.36. The second-order valence-electron chi connectivity index (χ2n) is 5.46. The Morgan fingerprint density at radius 3 is 2.76 bits per heavy atom. The van der Waals surface area contributed by atoms with E-state index in [2.05, 4.69) is 22.5 Å². The molecule has 2 N–H and O–H groups in total. The number of likely N-dealkylation sites (tertiary alicyclic amines) is 1. The van der Waals surface area contributed by atoms with E-state index < -0.39 is 0 Å². The van der Waals surface area contributed by atoms with E-state index in [1.54, 1.807) is 0 Å². The summed E-state index contributed by atoms with van der Waals surface area (Å²) in [6.07, 6.45) is 4.73. The number of amides is 1. The van der Waals surface area contributed by atoms with Crippen molar-refractivity contribution in [2.45, 2.75) is 38.6 Å². The molecule has 0 unspecified atom stereocenters. The molecule has 4 nitrogen and oxygen atoms in total. The molecule has 0 aliphatic carbocycles. The quantitative estimate of drug-likeness (QED) is 0.754. The summed E-state index contributed by atoms with van der Waals surface area (Å²) in [7, 11) is 0. The van der Waals surface area contributed by atoms with Gasteiger partial charge >= 0.3 is 0 Å². The molecule has 2 saturated heterocycles. The fourth-order valence-electron chi connectivity index (χ4n) is 2.65. The van der Waals surface area contributed by atoms with E-state index in [0.29, 0.717) is 0 Å². The molecular formula is C13H25N3O. The maximum Gasteiger partial charge on any atom is 0.237 e. The summed E-state index contributed by atoms with van der Waals surface area (Å²) in [5.74, 6) is 1.07. The molecule has 2 aliphatic rings. The zero-order chi connectivity index (χ0) is 12.1. The van der Waals surface area contributed by atoms with Crippen molar-refractivity contribution >= 4 is 5.91 Å². The van der Waals surface area contributed by atoms with Crippen molar-refractivity contribution in [1.82, 2.24) is 15.5 Å². The Morgan fingerprint density at radius 1 is 1.35 bits per heavy atom. The van der Waals surface area contributed by atoms with Crippen molar-refractivity contribution in [3.63, 3.8) is 0 Å². The summed E-state index contributed by atoms with van der Waals surface area (Å²) >= 11 is 0. The van der Waals surface area contributed by atoms with Gasteiger partial charge in [-0.1, -0.05) is 6.92 Å². The third kappa shape index (κ3) is 3.96. The molecule has 0 bridgehead atoms. The molecule has 0 aromatic rings. The lowest BCUT2D eigenvalue weighted by Crippen LogP contribution is -2.44. The molecule has 98 valence electrons. The Kier molecular flexibility index (Phi) is 4.80. The third-order valence-electron chi connectivity index (χ3n) is 3.98. The minimum Gasteiger partial charge on any atom is -0.353 e. The van der Waals surface area contributed by atoms with Gasteiger partial charge in [-0.2, -0.15) is 0 Å². The van der Waals surface area contributed by atoms with Gasteiger partial charge in [0.15, 0.2) is 0 Å². The van der Waals surface area contributed by atoms with E-state index in [0.717, 1.165) is 38.4 Å². The molecule has 17 heavy (non-hydrogen) atoms. The van der Waals surface area contributed by atoms with Gasteiger partial charge in [0, 0.05) is 13.1 Å². The number of nitrogens with one attached hydrogen (secondary N) is 2. The van der Waals surface area contributed by atoms with Gasteiger partial charge in [-0.25, -0.2) is 0 Å². The lowest BCUT2D eigenvalue weighted by molar-refractivity contribution is -0.122. The van der Waals surface area contributed by atoms with Gasteiger partial charge in [-0.05, 0) is 51.2 Å². The monoisotopic (exact) mass is 239 g/mol. The maximum absolute atomic E-state index is 11.7. The number of carbonyl (C=O) groups excluding carboxylic acids is 1. The Labute approximate surface area is 104 Å². The van der Waals surface area contributed by atoms with E-state index >= 15 is 0 Å². The van der Waals surface area contributed by atoms with Crippen LogP contribution in [0.3, 0.4) is 0 Å². The fraction of sp³-hybridized carbons (Fsp3) is 0.923. The highest BCUT2D eigenvalue weighted by Crippen LogP contribution is 2.15. The normalized spacial score (nSPS) is 27.2. The molecule has 0 radical (unpaired) electrons. The predicted molar refractivity (Wildman–Crippen MR) is 68.9 cm³/mol. The standard InChI is InChI=1S/C13H25N3O/c1-11-4-8-16(9-5-11)10-7-15-13(17)12-3-2-6-14-12/h11-12,14H,2-10H2,1H3,(H,15,17)/t12-/m1/s1. The smallest absolute Gasteiger partial charge is 0.237 e. The van der Waals surface area contributed by atoms with Crippen LogP contribution < -0.4 is 10.6 Å². The maximum atomic E-state index is 11.7. The minimum atomic E-state index is 0.0661. The molecule has 2 rings (SSSR count). The molecule has 0 spiro atoms. The van der Waals surface area contributed by atoms with Crippen LogP contribution in [0.4, 0.5) is 0 Å². The van der Waals surface area contributed by atoms with Crippen LogP contribution in [-0.4, -0.2) is 49.6 Å². The van der Waals surface area contributed by atoms with Crippen LogP contribution in [0.5, 0.6) is 0 Å². The van der Waals surface area contributed by atoms with E-state index in [-0.39, 0.29) is 11.9 Å². The number of carbonyl (C=O) groups is 1. The first-order valence-electron chi connectivity index (χ1n) is 6.99. The van der Waals surface area contributed by atoms with Crippen LogP contribution in [0.1, 0.15) is 32.6 Å². The van der Waals surface area contributed by atoms with E-state index in [4.69, 9.17) is 0 Å². The number of nitrogens with zero attached hydrogens (tertiary/aromatic N) is 1. The molecule has 0 aromatic heterocycles. The highest BCUT2D eigenvalue weighted by molar-refractivity contribution is 5.81. The van der Waals surface area contributed by atoms with Gasteiger partial charge in [0.05, 0.1) is 6.04 Å². The van der Waals surface area contributed by atoms with Crippen molar-refractivity contribution in [3.05, 3.63) is 0 Å². The van der Waals surface area contributed by atoms with Gasteiger partial charge < -0.3 is 15.5 Å². The molecule has 4 heteroatoms. The number of rotatable bonds is 4. The van der Waals surface area contributed by atoms with Gasteiger partial charge in [0.1, 0.15) is 0 Å². The largest absolute Gasteiger partial charge is 0.353 e. The molecule has 2 fully saturated rings. The molecule has 2 heterocycles. The van der Waals surface area contributed by atoms with Crippen molar-refractivity contribution in [3.8, 4) is 0 Å². The van der Waals surface area contributed by atoms with E-state index in [1.807, 2.05) is 0 Å². The van der Waals surface area contributed by atoms with Crippen molar-refractivity contribution in [1.29, 1.82) is 0 Å². The van der Waals surface area contributed by atoms with Crippen LogP contribution in [0, 0.1) is 5.92 Å². The van der Waals surface area contributed by atoms with Crippen molar-refractivity contribution in [2.75, 3.05) is 32.7 Å². The van der Waals surface area contributed by atoms with Crippen LogP contribution >= 0.6 is 0 Å². The van der Waals surface area contributed by atoms with Gasteiger partial charge in [0.25, 0.3) is 0 Å². The van der Waals surface area contributed by atoms with Crippen LogP contribution in [0.15, 0.2) is 0 Å². The first kappa shape index (κ1) is 12.8. The van der Waals surface area contributed by atoms with Gasteiger partial charge in [-0.15, -0.1) is 0 Å². The summed E-state index contributed by atoms with van der Waals surface area (Å²) in [4.78, 5) is 14.2. The number of hydrogen-bond donors (Lipinski definition) is 2. The average molecular weight is 239 g/mol. The summed E-state index contributed by atoms with van der Waals surface area (Å²) in [5.41, 5.74) is 0. The SMILES string of the molecule is CC1CCN(CCNC(=O)[C@H]2CCCN2)CC1. The van der Waals surface area contributed by atoms with Crippen LogP contribution in [0.2, 0.25) is 0 Å². The molecular weight excluding hydrogens is 214 g/mol. The van der Waals surface area contributed by atoms with E-state index in [1.165, 1.54) is 25.9 Å². The van der Waals surface area contributed by atoms with Crippen molar-refractivity contribution < 1.29 is 4.79 Å². The van der Waals surface area contributed by atoms with Gasteiger partial charge in [0.2, 0.25) is 5.91 Å². The Morgan fingerprint density at radius 2 is 2.12 bits per heavy atom. The number of piperidine rings is 1. The molecule has 1 atom stereocenters. The third-order valence-corrected chi connectivity index (χ3v) is 3.98. The average Bonchev–Trinajstić information content (AvgIpc) is 2.85. The first-order chi connectivity index (χ1) is 8.25. The summed E-state index contributed by atoms with van der Waals surface area (Å²) in [6.45, 7) is 7.50. The molecule has 2 aliphatic heterocycles. The van der Waals surface area contributed by atoms with Crippen molar-refractivity contribution in [2.24, 2.45) is 5.92 Å². The van der Waals surface area contributed by atoms with Crippen LogP contribution in [-0.2, 0) is 4.79 Å². The highest BCUT2D eigenvalue weighted by Gasteiger charge is 2.21. The zero-order valence-electron chi connectivity index (χ0n) is 10.9. The minimum absolute atomic E-state index is 0.0661. The fourth-order valence-corrected chi connectivity index (χ4v) is 2.65. The van der Waals surface area contributed by atoms with E-state index in [9.17, 15) is 4.79 Å². The Balaban J connectivity index is 1.57. The Bertz CT molecular complexity index is 243. The number of hydrogen-bond acceptors (Lipinski definition) is 3. The highest BCUT2D eigenvalue weighted by atomic mass is 16.2. The Hall–Kier alpha value is -0.610.